The Morgan fingerprint density at radius 1 is 1.00 bits per heavy atom. The van der Waals surface area contributed by atoms with Crippen molar-refractivity contribution < 1.29 is 4.74 Å². The first kappa shape index (κ1) is 15.5. The second-order valence-electron chi connectivity index (χ2n) is 5.66. The molecule has 0 saturated carbocycles. The highest BCUT2D eigenvalue weighted by Crippen LogP contribution is 2.31. The van der Waals surface area contributed by atoms with Gasteiger partial charge in [0.1, 0.15) is 5.75 Å². The van der Waals surface area contributed by atoms with Crippen molar-refractivity contribution in [3.63, 3.8) is 0 Å². The monoisotopic (exact) mass is 284 g/mol. The Morgan fingerprint density at radius 2 is 1.71 bits per heavy atom. The third kappa shape index (κ3) is 3.63. The first-order valence-electron chi connectivity index (χ1n) is 7.31. The van der Waals surface area contributed by atoms with E-state index in [0.717, 1.165) is 11.3 Å². The molecule has 0 spiro atoms. The molecular weight excluding hydrogens is 260 g/mol. The summed E-state index contributed by atoms with van der Waals surface area (Å²) in [4.78, 5) is 0. The molecule has 1 unspecified atom stereocenters. The van der Waals surface area contributed by atoms with Crippen molar-refractivity contribution in [2.45, 2.75) is 39.8 Å². The van der Waals surface area contributed by atoms with Crippen molar-refractivity contribution in [3.8, 4) is 5.75 Å². The Kier molecular flexibility index (Phi) is 4.99. The second kappa shape index (κ2) is 6.74. The molecule has 112 valence electrons. The molecule has 0 bridgehead atoms. The van der Waals surface area contributed by atoms with Gasteiger partial charge in [0.2, 0.25) is 0 Å². The molecule has 3 heteroatoms. The van der Waals surface area contributed by atoms with Gasteiger partial charge in [-0.3, -0.25) is 5.84 Å². The number of hydrogen-bond acceptors (Lipinski definition) is 3. The summed E-state index contributed by atoms with van der Waals surface area (Å²) in [6, 6.07) is 14.4. The van der Waals surface area contributed by atoms with Crippen LogP contribution in [0.15, 0.2) is 42.5 Å². The van der Waals surface area contributed by atoms with Crippen LogP contribution in [0.4, 0.5) is 0 Å². The van der Waals surface area contributed by atoms with E-state index >= 15 is 0 Å². The van der Waals surface area contributed by atoms with Crippen LogP contribution < -0.4 is 16.0 Å². The van der Waals surface area contributed by atoms with Crippen molar-refractivity contribution in [2.75, 3.05) is 0 Å². The number of hydrogen-bond donors (Lipinski definition) is 2. The van der Waals surface area contributed by atoms with Gasteiger partial charge in [-0.1, -0.05) is 42.0 Å². The average Bonchev–Trinajstić information content (AvgIpc) is 2.43. The number of nitrogens with one attached hydrogen (secondary N) is 1. The predicted molar refractivity (Wildman–Crippen MR) is 87.3 cm³/mol. The summed E-state index contributed by atoms with van der Waals surface area (Å²) in [7, 11) is 0. The lowest BCUT2D eigenvalue weighted by molar-refractivity contribution is 0.238. The zero-order valence-corrected chi connectivity index (χ0v) is 13.2. The number of rotatable bonds is 5. The fourth-order valence-electron chi connectivity index (χ4n) is 2.58. The van der Waals surface area contributed by atoms with Gasteiger partial charge in [0.25, 0.3) is 0 Å². The number of hydrazine groups is 1. The zero-order chi connectivity index (χ0) is 15.4. The molecule has 0 aliphatic carbocycles. The van der Waals surface area contributed by atoms with Crippen LogP contribution in [-0.4, -0.2) is 6.10 Å². The highest BCUT2D eigenvalue weighted by atomic mass is 16.5. The Bertz CT molecular complexity index is 608. The lowest BCUT2D eigenvalue weighted by Gasteiger charge is -2.23. The third-order valence-electron chi connectivity index (χ3n) is 3.50. The van der Waals surface area contributed by atoms with Crippen molar-refractivity contribution in [1.29, 1.82) is 0 Å². The topological polar surface area (TPSA) is 47.3 Å². The summed E-state index contributed by atoms with van der Waals surface area (Å²) in [5, 5.41) is 0. The number of aryl methyl sites for hydroxylation is 2. The molecule has 2 aromatic carbocycles. The van der Waals surface area contributed by atoms with E-state index in [2.05, 4.69) is 43.5 Å². The summed E-state index contributed by atoms with van der Waals surface area (Å²) in [5.41, 5.74) is 7.62. The molecule has 2 aromatic rings. The van der Waals surface area contributed by atoms with Crippen LogP contribution >= 0.6 is 0 Å². The largest absolute Gasteiger partial charge is 0.491 e. The molecule has 0 fully saturated rings. The maximum atomic E-state index is 5.92. The van der Waals surface area contributed by atoms with Gasteiger partial charge in [-0.25, -0.2) is 5.43 Å². The van der Waals surface area contributed by atoms with Crippen molar-refractivity contribution in [1.82, 2.24) is 5.43 Å². The van der Waals surface area contributed by atoms with Crippen molar-refractivity contribution >= 4 is 0 Å². The van der Waals surface area contributed by atoms with Crippen LogP contribution in [0.25, 0.3) is 0 Å². The molecule has 0 aliphatic rings. The minimum atomic E-state index is -0.0828. The zero-order valence-electron chi connectivity index (χ0n) is 13.2. The summed E-state index contributed by atoms with van der Waals surface area (Å²) >= 11 is 0. The number of benzene rings is 2. The van der Waals surface area contributed by atoms with Crippen LogP contribution in [0.3, 0.4) is 0 Å². The highest BCUT2D eigenvalue weighted by molar-refractivity contribution is 5.44. The first-order valence-corrected chi connectivity index (χ1v) is 7.31. The smallest absolute Gasteiger partial charge is 0.124 e. The molecule has 3 nitrogen and oxygen atoms in total. The first-order chi connectivity index (χ1) is 10.0. The van der Waals surface area contributed by atoms with E-state index in [4.69, 9.17) is 10.6 Å². The molecule has 0 heterocycles. The lowest BCUT2D eigenvalue weighted by Crippen LogP contribution is -2.30. The maximum Gasteiger partial charge on any atom is 0.124 e. The van der Waals surface area contributed by atoms with Crippen LogP contribution in [0.1, 0.15) is 42.1 Å². The molecule has 21 heavy (non-hydrogen) atoms. The lowest BCUT2D eigenvalue weighted by atomic mass is 9.93. The van der Waals surface area contributed by atoms with Gasteiger partial charge in [0, 0.05) is 5.56 Å². The van der Waals surface area contributed by atoms with Crippen LogP contribution in [0.5, 0.6) is 5.75 Å². The van der Waals surface area contributed by atoms with E-state index in [0.29, 0.717) is 0 Å². The Balaban J connectivity index is 2.46. The molecule has 0 aliphatic heterocycles. The summed E-state index contributed by atoms with van der Waals surface area (Å²) in [6.45, 7) is 8.26. The Labute approximate surface area is 127 Å². The second-order valence-corrected chi connectivity index (χ2v) is 5.66. The van der Waals surface area contributed by atoms with Gasteiger partial charge in [0.15, 0.2) is 0 Å². The van der Waals surface area contributed by atoms with Crippen LogP contribution in [-0.2, 0) is 0 Å². The number of para-hydroxylation sites is 1. The van der Waals surface area contributed by atoms with E-state index in [1.54, 1.807) is 0 Å². The van der Waals surface area contributed by atoms with Gasteiger partial charge < -0.3 is 4.74 Å². The summed E-state index contributed by atoms with van der Waals surface area (Å²) in [6.07, 6.45) is 0.128. The van der Waals surface area contributed by atoms with Crippen LogP contribution in [0, 0.1) is 13.8 Å². The minimum absolute atomic E-state index is 0.0828. The van der Waals surface area contributed by atoms with Gasteiger partial charge in [0.05, 0.1) is 12.1 Å². The molecule has 0 amide bonds. The standard InChI is InChI=1S/C18H24N2O/c1-12(2)21-17-8-6-5-7-16(17)18(20-19)15-10-9-13(3)11-14(15)4/h5-12,18,20H,19H2,1-4H3. The molecule has 2 rings (SSSR count). The third-order valence-corrected chi connectivity index (χ3v) is 3.50. The summed E-state index contributed by atoms with van der Waals surface area (Å²) < 4.78 is 5.92. The van der Waals surface area contributed by atoms with E-state index in [-0.39, 0.29) is 12.1 Å². The number of nitrogens with two attached hydrogens (primary N) is 1. The van der Waals surface area contributed by atoms with Crippen molar-refractivity contribution in [3.05, 3.63) is 64.7 Å². The Morgan fingerprint density at radius 3 is 2.33 bits per heavy atom. The predicted octanol–water partition coefficient (Wildman–Crippen LogP) is 3.64. The van der Waals surface area contributed by atoms with Gasteiger partial charge in [-0.15, -0.1) is 0 Å². The fourth-order valence-corrected chi connectivity index (χ4v) is 2.58. The molecule has 0 saturated heterocycles. The molecular formula is C18H24N2O. The average molecular weight is 284 g/mol. The van der Waals surface area contributed by atoms with Gasteiger partial charge in [-0.2, -0.15) is 0 Å². The van der Waals surface area contributed by atoms with Crippen LogP contribution in [0.2, 0.25) is 0 Å². The van der Waals surface area contributed by atoms with E-state index in [1.807, 2.05) is 32.0 Å². The Hall–Kier alpha value is -1.84. The molecule has 0 aromatic heterocycles. The highest BCUT2D eigenvalue weighted by Gasteiger charge is 2.19. The van der Waals surface area contributed by atoms with Crippen molar-refractivity contribution in [2.24, 2.45) is 5.84 Å². The molecule has 3 N–H and O–H groups in total. The van der Waals surface area contributed by atoms with Gasteiger partial charge in [-0.05, 0) is 44.9 Å². The van der Waals surface area contributed by atoms with E-state index in [9.17, 15) is 0 Å². The molecule has 1 atom stereocenters. The van der Waals surface area contributed by atoms with E-state index < -0.39 is 0 Å². The normalized spacial score (nSPS) is 12.5. The minimum Gasteiger partial charge on any atom is -0.491 e. The number of ether oxygens (including phenoxy) is 1. The maximum absolute atomic E-state index is 5.92. The SMILES string of the molecule is Cc1ccc(C(NN)c2ccccc2OC(C)C)c(C)c1. The fraction of sp³-hybridized carbons (Fsp3) is 0.333. The van der Waals surface area contributed by atoms with E-state index in [1.165, 1.54) is 16.7 Å². The molecule has 0 radical (unpaired) electrons. The quantitative estimate of drug-likeness (QED) is 0.651. The summed E-state index contributed by atoms with van der Waals surface area (Å²) in [5.74, 6) is 6.71. The van der Waals surface area contributed by atoms with Gasteiger partial charge >= 0.3 is 0 Å².